The zero-order valence-corrected chi connectivity index (χ0v) is 11.4. The minimum atomic E-state index is -1.13. The van der Waals surface area contributed by atoms with Crippen LogP contribution in [0.1, 0.15) is 36.0 Å². The predicted octanol–water partition coefficient (Wildman–Crippen LogP) is 2.21. The second-order valence-electron chi connectivity index (χ2n) is 5.24. The predicted molar refractivity (Wildman–Crippen MR) is 75.1 cm³/mol. The molecule has 0 aliphatic heterocycles. The molecule has 1 fully saturated rings. The van der Waals surface area contributed by atoms with Crippen LogP contribution >= 0.6 is 0 Å². The normalized spacial score (nSPS) is 16.4. The molecule has 1 aromatic rings. The van der Waals surface area contributed by atoms with Gasteiger partial charge in [0.25, 0.3) is 0 Å². The number of rotatable bonds is 5. The van der Waals surface area contributed by atoms with Crippen LogP contribution in [0.15, 0.2) is 24.3 Å². The smallest absolute Gasteiger partial charge is 0.335 e. The molecule has 0 saturated heterocycles. The number of hydrogen-bond acceptors (Lipinski definition) is 3. The van der Waals surface area contributed by atoms with Gasteiger partial charge in [-0.3, -0.25) is 9.59 Å². The highest BCUT2D eigenvalue weighted by molar-refractivity contribution is 6.05. The number of aromatic carboxylic acids is 1. The van der Waals surface area contributed by atoms with E-state index in [1.54, 1.807) is 0 Å². The monoisotopic (exact) mass is 291 g/mol. The summed E-state index contributed by atoms with van der Waals surface area (Å²) in [4.78, 5) is 34.4. The second-order valence-corrected chi connectivity index (χ2v) is 5.24. The Morgan fingerprint density at radius 1 is 1.14 bits per heavy atom. The van der Waals surface area contributed by atoms with Gasteiger partial charge in [-0.25, -0.2) is 4.79 Å². The molecule has 6 nitrogen and oxygen atoms in total. The Morgan fingerprint density at radius 2 is 1.81 bits per heavy atom. The van der Waals surface area contributed by atoms with Gasteiger partial charge in [0.15, 0.2) is 0 Å². The second kappa shape index (κ2) is 6.39. The summed E-state index contributed by atoms with van der Waals surface area (Å²) < 4.78 is 0. The Labute approximate surface area is 121 Å². The van der Waals surface area contributed by atoms with Crippen molar-refractivity contribution in [2.45, 2.75) is 25.7 Å². The van der Waals surface area contributed by atoms with E-state index >= 15 is 0 Å². The minimum absolute atomic E-state index is 0.0422. The first-order valence-electron chi connectivity index (χ1n) is 6.86. The summed E-state index contributed by atoms with van der Waals surface area (Å²) in [6, 6.07) is 5.76. The van der Waals surface area contributed by atoms with E-state index in [9.17, 15) is 19.5 Å². The lowest BCUT2D eigenvalue weighted by Crippen LogP contribution is -2.34. The Balaban J connectivity index is 2.13. The molecule has 3 N–H and O–H groups in total. The number of nitrogens with one attached hydrogen (secondary N) is 1. The summed E-state index contributed by atoms with van der Waals surface area (Å²) in [5, 5.41) is 20.7. The third-order valence-electron chi connectivity index (χ3n) is 3.80. The van der Waals surface area contributed by atoms with Crippen LogP contribution in [0.5, 0.6) is 0 Å². The summed E-state index contributed by atoms with van der Waals surface area (Å²) in [6.45, 7) is 0. The van der Waals surface area contributed by atoms with Crippen molar-refractivity contribution in [2.75, 3.05) is 5.32 Å². The van der Waals surface area contributed by atoms with Crippen LogP contribution in [-0.2, 0) is 9.59 Å². The van der Waals surface area contributed by atoms with Crippen LogP contribution in [0.4, 0.5) is 5.69 Å². The standard InChI is InChI=1S/C15H17NO5/c17-13(12(15(20)21)9-4-1-2-5-9)16-11-7-3-6-10(8-11)14(18)19/h3,6-9,12H,1-2,4-5H2,(H,16,17)(H,18,19)(H,20,21). The van der Waals surface area contributed by atoms with Crippen molar-refractivity contribution in [3.63, 3.8) is 0 Å². The lowest BCUT2D eigenvalue weighted by atomic mass is 9.90. The van der Waals surface area contributed by atoms with E-state index < -0.39 is 23.8 Å². The fourth-order valence-corrected chi connectivity index (χ4v) is 2.77. The molecule has 6 heteroatoms. The van der Waals surface area contributed by atoms with Crippen molar-refractivity contribution in [3.05, 3.63) is 29.8 Å². The molecule has 0 radical (unpaired) electrons. The van der Waals surface area contributed by atoms with Gasteiger partial charge < -0.3 is 15.5 Å². The Bertz CT molecular complexity index is 563. The number of carboxylic acids is 2. The highest BCUT2D eigenvalue weighted by atomic mass is 16.4. The first kappa shape index (κ1) is 15.0. The summed E-state index contributed by atoms with van der Waals surface area (Å²) in [6.07, 6.45) is 3.35. The molecule has 1 atom stereocenters. The Kier molecular flexibility index (Phi) is 4.57. The molecule has 0 aromatic heterocycles. The Morgan fingerprint density at radius 3 is 2.38 bits per heavy atom. The molecule has 1 aromatic carbocycles. The van der Waals surface area contributed by atoms with Gasteiger partial charge in [0.05, 0.1) is 5.56 Å². The lowest BCUT2D eigenvalue weighted by molar-refractivity contribution is -0.147. The first-order valence-corrected chi connectivity index (χ1v) is 6.86. The molecule has 0 bridgehead atoms. The van der Waals surface area contributed by atoms with Gasteiger partial charge in [0.2, 0.25) is 5.91 Å². The SMILES string of the molecule is O=C(O)c1cccc(NC(=O)C(C(=O)O)C2CCCC2)c1. The molecule has 0 spiro atoms. The number of hydrogen-bond donors (Lipinski definition) is 3. The quantitative estimate of drug-likeness (QED) is 0.722. The molecule has 112 valence electrons. The molecule has 1 aliphatic carbocycles. The molecule has 0 heterocycles. The van der Waals surface area contributed by atoms with Crippen LogP contribution in [-0.4, -0.2) is 28.1 Å². The fourth-order valence-electron chi connectivity index (χ4n) is 2.77. The summed E-state index contributed by atoms with van der Waals surface area (Å²) in [7, 11) is 0. The third-order valence-corrected chi connectivity index (χ3v) is 3.80. The first-order chi connectivity index (χ1) is 9.99. The van der Waals surface area contributed by atoms with Crippen molar-refractivity contribution >= 4 is 23.5 Å². The van der Waals surface area contributed by atoms with Crippen molar-refractivity contribution in [2.24, 2.45) is 11.8 Å². The number of benzene rings is 1. The van der Waals surface area contributed by atoms with Gasteiger partial charge in [-0.05, 0) is 37.0 Å². The molecule has 2 rings (SSSR count). The van der Waals surface area contributed by atoms with E-state index in [-0.39, 0.29) is 11.5 Å². The molecular weight excluding hydrogens is 274 g/mol. The number of anilines is 1. The topological polar surface area (TPSA) is 104 Å². The van der Waals surface area contributed by atoms with Crippen LogP contribution in [0.3, 0.4) is 0 Å². The molecule has 21 heavy (non-hydrogen) atoms. The zero-order chi connectivity index (χ0) is 15.4. The van der Waals surface area contributed by atoms with Crippen molar-refractivity contribution in [1.82, 2.24) is 0 Å². The van der Waals surface area contributed by atoms with Crippen LogP contribution in [0.2, 0.25) is 0 Å². The number of carbonyl (C=O) groups excluding carboxylic acids is 1. The number of carbonyl (C=O) groups is 3. The Hall–Kier alpha value is -2.37. The van der Waals surface area contributed by atoms with Gasteiger partial charge in [0, 0.05) is 5.69 Å². The minimum Gasteiger partial charge on any atom is -0.481 e. The van der Waals surface area contributed by atoms with E-state index in [1.165, 1.54) is 24.3 Å². The lowest BCUT2D eigenvalue weighted by Gasteiger charge is -2.18. The van der Waals surface area contributed by atoms with E-state index in [4.69, 9.17) is 5.11 Å². The van der Waals surface area contributed by atoms with Crippen molar-refractivity contribution in [3.8, 4) is 0 Å². The zero-order valence-electron chi connectivity index (χ0n) is 11.4. The molecule has 1 amide bonds. The fraction of sp³-hybridized carbons (Fsp3) is 0.400. The average Bonchev–Trinajstić information content (AvgIpc) is 2.92. The van der Waals surface area contributed by atoms with Crippen molar-refractivity contribution in [1.29, 1.82) is 0 Å². The highest BCUT2D eigenvalue weighted by Gasteiger charge is 2.36. The van der Waals surface area contributed by atoms with Gasteiger partial charge in [-0.2, -0.15) is 0 Å². The summed E-state index contributed by atoms with van der Waals surface area (Å²) >= 11 is 0. The van der Waals surface area contributed by atoms with E-state index in [2.05, 4.69) is 5.32 Å². The average molecular weight is 291 g/mol. The number of amides is 1. The van der Waals surface area contributed by atoms with Gasteiger partial charge in [0.1, 0.15) is 5.92 Å². The molecule has 1 saturated carbocycles. The van der Waals surface area contributed by atoms with E-state index in [1.807, 2.05) is 0 Å². The summed E-state index contributed by atoms with van der Waals surface area (Å²) in [5.41, 5.74) is 0.338. The summed E-state index contributed by atoms with van der Waals surface area (Å²) in [5.74, 6) is -4.05. The van der Waals surface area contributed by atoms with Crippen LogP contribution in [0.25, 0.3) is 0 Å². The molecule has 1 unspecified atom stereocenters. The maximum Gasteiger partial charge on any atom is 0.335 e. The maximum absolute atomic E-state index is 12.2. The van der Waals surface area contributed by atoms with Gasteiger partial charge in [-0.1, -0.05) is 18.9 Å². The third kappa shape index (κ3) is 3.59. The van der Waals surface area contributed by atoms with Crippen LogP contribution in [0, 0.1) is 11.8 Å². The molecular formula is C15H17NO5. The van der Waals surface area contributed by atoms with Crippen molar-refractivity contribution < 1.29 is 24.6 Å². The van der Waals surface area contributed by atoms with E-state index in [0.717, 1.165) is 25.7 Å². The highest BCUT2D eigenvalue weighted by Crippen LogP contribution is 2.32. The van der Waals surface area contributed by atoms with E-state index in [0.29, 0.717) is 5.69 Å². The number of aliphatic carboxylic acids is 1. The van der Waals surface area contributed by atoms with Crippen LogP contribution < -0.4 is 5.32 Å². The largest absolute Gasteiger partial charge is 0.481 e. The number of carboxylic acid groups (broad SMARTS) is 2. The van der Waals surface area contributed by atoms with Gasteiger partial charge in [-0.15, -0.1) is 0 Å². The maximum atomic E-state index is 12.2. The van der Waals surface area contributed by atoms with Gasteiger partial charge >= 0.3 is 11.9 Å². The molecule has 1 aliphatic rings.